The molecule has 5 heteroatoms. The highest BCUT2D eigenvalue weighted by Crippen LogP contribution is 2.36. The van der Waals surface area contributed by atoms with Crippen LogP contribution in [0.2, 0.25) is 0 Å². The van der Waals surface area contributed by atoms with E-state index in [0.29, 0.717) is 18.1 Å². The fourth-order valence-corrected chi connectivity index (χ4v) is 3.39. The predicted molar refractivity (Wildman–Crippen MR) is 76.2 cm³/mol. The molecule has 2 saturated carbocycles. The predicted octanol–water partition coefficient (Wildman–Crippen LogP) is 2.30. The van der Waals surface area contributed by atoms with Crippen LogP contribution >= 0.6 is 0 Å². The van der Waals surface area contributed by atoms with Gasteiger partial charge in [0.15, 0.2) is 0 Å². The highest BCUT2D eigenvalue weighted by molar-refractivity contribution is 5.04. The molecule has 2 heterocycles. The van der Waals surface area contributed by atoms with Crippen LogP contribution in [0.1, 0.15) is 49.9 Å². The van der Waals surface area contributed by atoms with E-state index in [0.717, 1.165) is 6.54 Å². The van der Waals surface area contributed by atoms with Crippen LogP contribution < -0.4 is 5.32 Å². The van der Waals surface area contributed by atoms with Gasteiger partial charge in [-0.15, -0.1) is 0 Å². The van der Waals surface area contributed by atoms with Gasteiger partial charge in [-0.25, -0.2) is 9.97 Å². The minimum atomic E-state index is 0.548. The molecule has 0 aromatic carbocycles. The van der Waals surface area contributed by atoms with Gasteiger partial charge in [-0.05, 0) is 32.1 Å². The molecule has 1 N–H and O–H groups in total. The third-order valence-corrected chi connectivity index (χ3v) is 4.62. The number of hydrogen-bond acceptors (Lipinski definition) is 3. The molecular weight excluding hydrogens is 250 g/mol. The van der Waals surface area contributed by atoms with Crippen molar-refractivity contribution >= 4 is 0 Å². The van der Waals surface area contributed by atoms with Gasteiger partial charge in [0.25, 0.3) is 0 Å². The van der Waals surface area contributed by atoms with Crippen LogP contribution in [0.3, 0.4) is 0 Å². The summed E-state index contributed by atoms with van der Waals surface area (Å²) >= 11 is 0. The lowest BCUT2D eigenvalue weighted by Crippen LogP contribution is -2.33. The van der Waals surface area contributed by atoms with Crippen molar-refractivity contribution in [3.63, 3.8) is 0 Å². The van der Waals surface area contributed by atoms with Crippen LogP contribution in [0, 0.1) is 0 Å². The van der Waals surface area contributed by atoms with E-state index in [4.69, 9.17) is 0 Å². The van der Waals surface area contributed by atoms with E-state index in [9.17, 15) is 0 Å². The van der Waals surface area contributed by atoms with Crippen molar-refractivity contribution in [3.05, 3.63) is 36.9 Å². The van der Waals surface area contributed by atoms with Crippen molar-refractivity contribution in [1.82, 2.24) is 24.4 Å². The van der Waals surface area contributed by atoms with Gasteiger partial charge < -0.3 is 14.5 Å². The molecule has 2 aromatic rings. The molecule has 2 fully saturated rings. The number of hydrogen-bond donors (Lipinski definition) is 1. The maximum atomic E-state index is 4.31. The highest BCUT2D eigenvalue weighted by Gasteiger charge is 2.29. The summed E-state index contributed by atoms with van der Waals surface area (Å²) in [7, 11) is 0. The first-order valence-electron chi connectivity index (χ1n) is 7.63. The highest BCUT2D eigenvalue weighted by atomic mass is 15.1. The Labute approximate surface area is 119 Å². The standard InChI is InChI=1S/C15H21N5/c1-2-14(15(3-1)19-7-6-16-10-19)18-9-13-8-17-11-20(13)12-4-5-12/h6-8,10-12,14-15,18H,1-5,9H2. The minimum Gasteiger partial charge on any atom is -0.333 e. The molecule has 2 atom stereocenters. The van der Waals surface area contributed by atoms with Gasteiger partial charge in [-0.2, -0.15) is 0 Å². The van der Waals surface area contributed by atoms with E-state index in [-0.39, 0.29) is 0 Å². The minimum absolute atomic E-state index is 0.548. The van der Waals surface area contributed by atoms with Crippen molar-refractivity contribution in [2.24, 2.45) is 0 Å². The van der Waals surface area contributed by atoms with E-state index in [1.54, 1.807) is 0 Å². The molecule has 2 aliphatic carbocycles. The lowest BCUT2D eigenvalue weighted by Gasteiger charge is -2.22. The van der Waals surface area contributed by atoms with E-state index in [1.165, 1.54) is 37.8 Å². The van der Waals surface area contributed by atoms with E-state index in [2.05, 4.69) is 30.6 Å². The monoisotopic (exact) mass is 271 g/mol. The fourth-order valence-electron chi connectivity index (χ4n) is 3.39. The van der Waals surface area contributed by atoms with Crippen LogP contribution in [0.4, 0.5) is 0 Å². The Morgan fingerprint density at radius 2 is 2.10 bits per heavy atom. The number of aromatic nitrogens is 4. The number of nitrogens with zero attached hydrogens (tertiary/aromatic N) is 4. The third kappa shape index (κ3) is 2.26. The largest absolute Gasteiger partial charge is 0.333 e. The lowest BCUT2D eigenvalue weighted by atomic mass is 10.1. The molecule has 5 nitrogen and oxygen atoms in total. The van der Waals surface area contributed by atoms with Crippen LogP contribution in [0.5, 0.6) is 0 Å². The summed E-state index contributed by atoms with van der Waals surface area (Å²) in [4.78, 5) is 8.48. The van der Waals surface area contributed by atoms with Gasteiger partial charge in [0.1, 0.15) is 0 Å². The second-order valence-corrected chi connectivity index (χ2v) is 6.02. The van der Waals surface area contributed by atoms with Gasteiger partial charge in [-0.1, -0.05) is 0 Å². The molecule has 2 unspecified atom stereocenters. The van der Waals surface area contributed by atoms with Gasteiger partial charge in [0.2, 0.25) is 0 Å². The third-order valence-electron chi connectivity index (χ3n) is 4.62. The average molecular weight is 271 g/mol. The number of imidazole rings is 2. The first-order chi connectivity index (χ1) is 9.92. The first-order valence-corrected chi connectivity index (χ1v) is 7.63. The number of nitrogens with one attached hydrogen (secondary N) is 1. The van der Waals surface area contributed by atoms with Crippen molar-refractivity contribution < 1.29 is 0 Å². The molecule has 20 heavy (non-hydrogen) atoms. The van der Waals surface area contributed by atoms with Crippen LogP contribution in [0.25, 0.3) is 0 Å². The maximum absolute atomic E-state index is 4.31. The summed E-state index contributed by atoms with van der Waals surface area (Å²) in [5, 5.41) is 3.74. The van der Waals surface area contributed by atoms with Crippen molar-refractivity contribution in [2.75, 3.05) is 0 Å². The van der Waals surface area contributed by atoms with E-state index < -0.39 is 0 Å². The Hall–Kier alpha value is -1.62. The van der Waals surface area contributed by atoms with Crippen molar-refractivity contribution in [1.29, 1.82) is 0 Å². The Balaban J connectivity index is 1.42. The summed E-state index contributed by atoms with van der Waals surface area (Å²) in [5.41, 5.74) is 1.32. The zero-order valence-electron chi connectivity index (χ0n) is 11.7. The molecule has 2 aliphatic rings. The molecular formula is C15H21N5. The van der Waals surface area contributed by atoms with Crippen LogP contribution in [-0.2, 0) is 6.54 Å². The fraction of sp³-hybridized carbons (Fsp3) is 0.600. The summed E-state index contributed by atoms with van der Waals surface area (Å²) in [5.74, 6) is 0. The lowest BCUT2D eigenvalue weighted by molar-refractivity contribution is 0.386. The Kier molecular flexibility index (Phi) is 3.07. The maximum Gasteiger partial charge on any atom is 0.0951 e. The molecule has 2 aromatic heterocycles. The second kappa shape index (κ2) is 5.05. The molecule has 0 bridgehead atoms. The molecule has 0 saturated heterocycles. The molecule has 0 spiro atoms. The summed E-state index contributed by atoms with van der Waals surface area (Å²) in [6, 6.07) is 1.81. The second-order valence-electron chi connectivity index (χ2n) is 6.02. The van der Waals surface area contributed by atoms with Gasteiger partial charge in [0, 0.05) is 43.3 Å². The molecule has 0 radical (unpaired) electrons. The summed E-state index contributed by atoms with van der Waals surface area (Å²) < 4.78 is 4.59. The summed E-state index contributed by atoms with van der Waals surface area (Å²) in [6.07, 6.45) is 16.3. The Bertz CT molecular complexity index is 555. The average Bonchev–Trinajstić information content (AvgIpc) is 2.92. The summed E-state index contributed by atoms with van der Waals surface area (Å²) in [6.45, 7) is 0.923. The van der Waals surface area contributed by atoms with Gasteiger partial charge in [0.05, 0.1) is 18.3 Å². The van der Waals surface area contributed by atoms with E-state index >= 15 is 0 Å². The van der Waals surface area contributed by atoms with Crippen molar-refractivity contribution in [2.45, 2.75) is 56.8 Å². The van der Waals surface area contributed by atoms with Gasteiger partial charge in [-0.3, -0.25) is 0 Å². The molecule has 4 rings (SSSR count). The molecule has 0 aliphatic heterocycles. The van der Waals surface area contributed by atoms with Crippen LogP contribution in [0.15, 0.2) is 31.2 Å². The smallest absolute Gasteiger partial charge is 0.0951 e. The van der Waals surface area contributed by atoms with Crippen molar-refractivity contribution in [3.8, 4) is 0 Å². The Morgan fingerprint density at radius 3 is 2.90 bits per heavy atom. The normalized spacial score (nSPS) is 26.2. The first kappa shape index (κ1) is 12.1. The zero-order chi connectivity index (χ0) is 13.4. The molecule has 106 valence electrons. The van der Waals surface area contributed by atoms with Crippen LogP contribution in [-0.4, -0.2) is 25.1 Å². The zero-order valence-corrected chi connectivity index (χ0v) is 11.7. The Morgan fingerprint density at radius 1 is 1.15 bits per heavy atom. The SMILES string of the molecule is c1cn(C2CCCC2NCc2cncn2C2CC2)cn1. The molecule has 0 amide bonds. The number of rotatable bonds is 5. The quantitative estimate of drug-likeness (QED) is 0.907. The van der Waals surface area contributed by atoms with Gasteiger partial charge >= 0.3 is 0 Å². The topological polar surface area (TPSA) is 47.7 Å². The van der Waals surface area contributed by atoms with E-state index in [1.807, 2.05) is 25.0 Å².